The van der Waals surface area contributed by atoms with Gasteiger partial charge in [0, 0.05) is 23.6 Å². The highest BCUT2D eigenvalue weighted by Gasteiger charge is 2.32. The highest BCUT2D eigenvalue weighted by atomic mass is 32.2. The summed E-state index contributed by atoms with van der Waals surface area (Å²) in [5, 5.41) is 0. The van der Waals surface area contributed by atoms with Crippen LogP contribution < -0.4 is 10.5 Å². The summed E-state index contributed by atoms with van der Waals surface area (Å²) in [5.41, 5.74) is 6.91. The normalized spacial score (nSPS) is 18.5. The van der Waals surface area contributed by atoms with Crippen molar-refractivity contribution >= 4 is 33.6 Å². The van der Waals surface area contributed by atoms with E-state index in [-0.39, 0.29) is 16.4 Å². The molecule has 0 spiro atoms. The van der Waals surface area contributed by atoms with Crippen LogP contribution >= 0.6 is 11.8 Å². The SMILES string of the molecule is CNS(=O)(=O)c1cc(C(=O)N2CCSC[C@@H]2C(N)=O)cc(C)c1C. The molecule has 0 aromatic heterocycles. The number of nitrogens with one attached hydrogen (secondary N) is 1. The van der Waals surface area contributed by atoms with Crippen LogP contribution in [0.15, 0.2) is 17.0 Å². The molecule has 24 heavy (non-hydrogen) atoms. The molecule has 3 N–H and O–H groups in total. The van der Waals surface area contributed by atoms with Gasteiger partial charge in [-0.2, -0.15) is 11.8 Å². The van der Waals surface area contributed by atoms with Gasteiger partial charge in [-0.25, -0.2) is 13.1 Å². The molecule has 1 fully saturated rings. The Labute approximate surface area is 146 Å². The fraction of sp³-hybridized carbons (Fsp3) is 0.467. The number of rotatable bonds is 4. The van der Waals surface area contributed by atoms with E-state index in [0.29, 0.717) is 29.2 Å². The van der Waals surface area contributed by atoms with Crippen LogP contribution in [0, 0.1) is 13.8 Å². The van der Waals surface area contributed by atoms with Crippen molar-refractivity contribution in [3.05, 3.63) is 28.8 Å². The number of sulfonamides is 1. The average molecular weight is 371 g/mol. The molecule has 0 unspecified atom stereocenters. The molecule has 1 aliphatic heterocycles. The average Bonchev–Trinajstić information content (AvgIpc) is 2.56. The molecule has 0 saturated carbocycles. The van der Waals surface area contributed by atoms with Crippen molar-refractivity contribution in [2.45, 2.75) is 24.8 Å². The number of carbonyl (C=O) groups excluding carboxylic acids is 2. The van der Waals surface area contributed by atoms with Crippen molar-refractivity contribution in [2.24, 2.45) is 5.73 Å². The Kier molecular flexibility index (Phi) is 5.56. The van der Waals surface area contributed by atoms with E-state index in [4.69, 9.17) is 5.73 Å². The lowest BCUT2D eigenvalue weighted by molar-refractivity contribution is -0.121. The first-order valence-electron chi connectivity index (χ1n) is 7.42. The van der Waals surface area contributed by atoms with Gasteiger partial charge in [0.25, 0.3) is 5.91 Å². The Morgan fingerprint density at radius 2 is 2.00 bits per heavy atom. The molecule has 1 aromatic rings. The first-order valence-corrected chi connectivity index (χ1v) is 10.1. The summed E-state index contributed by atoms with van der Waals surface area (Å²) >= 11 is 1.56. The van der Waals surface area contributed by atoms with E-state index in [2.05, 4.69) is 4.72 Å². The van der Waals surface area contributed by atoms with E-state index in [1.54, 1.807) is 31.7 Å². The maximum absolute atomic E-state index is 12.8. The van der Waals surface area contributed by atoms with Crippen LogP contribution in [0.1, 0.15) is 21.5 Å². The van der Waals surface area contributed by atoms with Gasteiger partial charge in [0.2, 0.25) is 15.9 Å². The molecule has 7 nitrogen and oxygen atoms in total. The minimum Gasteiger partial charge on any atom is -0.368 e. The third-order valence-electron chi connectivity index (χ3n) is 4.14. The molecule has 0 aliphatic carbocycles. The number of hydrogen-bond donors (Lipinski definition) is 2. The molecule has 2 amide bonds. The van der Waals surface area contributed by atoms with Crippen LogP contribution in [-0.2, 0) is 14.8 Å². The molecule has 1 saturated heterocycles. The number of hydrogen-bond acceptors (Lipinski definition) is 5. The predicted octanol–water partition coefficient (Wildman–Crippen LogP) is 0.254. The molecule has 2 rings (SSSR count). The Morgan fingerprint density at radius 1 is 1.33 bits per heavy atom. The quantitative estimate of drug-likeness (QED) is 0.789. The maximum Gasteiger partial charge on any atom is 0.254 e. The molecular formula is C15H21N3O4S2. The maximum atomic E-state index is 12.8. The molecule has 1 aliphatic rings. The number of nitrogens with two attached hydrogens (primary N) is 1. The molecule has 0 bridgehead atoms. The summed E-state index contributed by atoms with van der Waals surface area (Å²) in [4.78, 5) is 25.9. The van der Waals surface area contributed by atoms with Gasteiger partial charge < -0.3 is 10.6 Å². The molecule has 0 radical (unpaired) electrons. The van der Waals surface area contributed by atoms with Gasteiger partial charge >= 0.3 is 0 Å². The highest BCUT2D eigenvalue weighted by molar-refractivity contribution is 7.99. The monoisotopic (exact) mass is 371 g/mol. The zero-order valence-corrected chi connectivity index (χ0v) is 15.5. The molecule has 132 valence electrons. The van der Waals surface area contributed by atoms with Gasteiger partial charge in [-0.1, -0.05) is 0 Å². The number of amides is 2. The van der Waals surface area contributed by atoms with Crippen molar-refractivity contribution in [1.82, 2.24) is 9.62 Å². The Balaban J connectivity index is 2.48. The van der Waals surface area contributed by atoms with Crippen LogP contribution in [0.4, 0.5) is 0 Å². The largest absolute Gasteiger partial charge is 0.368 e. The molecule has 9 heteroatoms. The van der Waals surface area contributed by atoms with E-state index < -0.39 is 22.0 Å². The Morgan fingerprint density at radius 3 is 2.58 bits per heavy atom. The van der Waals surface area contributed by atoms with E-state index in [0.717, 1.165) is 0 Å². The topological polar surface area (TPSA) is 110 Å². The van der Waals surface area contributed by atoms with Crippen molar-refractivity contribution < 1.29 is 18.0 Å². The molecular weight excluding hydrogens is 350 g/mol. The van der Waals surface area contributed by atoms with Gasteiger partial charge in [0.05, 0.1) is 4.90 Å². The van der Waals surface area contributed by atoms with E-state index >= 15 is 0 Å². The summed E-state index contributed by atoms with van der Waals surface area (Å²) in [6.07, 6.45) is 0. The lowest BCUT2D eigenvalue weighted by Gasteiger charge is -2.33. The van der Waals surface area contributed by atoms with E-state index in [1.165, 1.54) is 18.0 Å². The number of primary amides is 1. The Bertz CT molecular complexity index is 777. The van der Waals surface area contributed by atoms with Gasteiger partial charge in [0.15, 0.2) is 0 Å². The molecule has 1 heterocycles. The van der Waals surface area contributed by atoms with Crippen molar-refractivity contribution in [3.63, 3.8) is 0 Å². The summed E-state index contributed by atoms with van der Waals surface area (Å²) in [6.45, 7) is 3.84. The highest BCUT2D eigenvalue weighted by Crippen LogP contribution is 2.24. The van der Waals surface area contributed by atoms with Gasteiger partial charge in [0.1, 0.15) is 6.04 Å². The standard InChI is InChI=1S/C15H21N3O4S2/c1-9-6-11(7-13(10(9)2)24(21,22)17-3)15(20)18-4-5-23-8-12(18)14(16)19/h6-7,12,17H,4-5,8H2,1-3H3,(H2,16,19)/t12-/m1/s1. The van der Waals surface area contributed by atoms with Crippen LogP contribution in [0.5, 0.6) is 0 Å². The van der Waals surface area contributed by atoms with Gasteiger partial charge in [-0.15, -0.1) is 0 Å². The number of aryl methyl sites for hydroxylation is 1. The third-order valence-corrected chi connectivity index (χ3v) is 6.71. The lowest BCUT2D eigenvalue weighted by Crippen LogP contribution is -2.52. The summed E-state index contributed by atoms with van der Waals surface area (Å²) in [6, 6.07) is 2.32. The number of carbonyl (C=O) groups is 2. The zero-order valence-electron chi connectivity index (χ0n) is 13.8. The second-order valence-electron chi connectivity index (χ2n) is 5.62. The minimum atomic E-state index is -3.68. The van der Waals surface area contributed by atoms with Gasteiger partial charge in [-0.05, 0) is 44.2 Å². The number of benzene rings is 1. The van der Waals surface area contributed by atoms with Gasteiger partial charge in [-0.3, -0.25) is 9.59 Å². The summed E-state index contributed by atoms with van der Waals surface area (Å²) in [5.74, 6) is 0.229. The zero-order chi connectivity index (χ0) is 18.1. The molecule has 1 atom stereocenters. The van der Waals surface area contributed by atoms with Crippen molar-refractivity contribution in [3.8, 4) is 0 Å². The fourth-order valence-electron chi connectivity index (χ4n) is 2.59. The van der Waals surface area contributed by atoms with Crippen LogP contribution in [0.25, 0.3) is 0 Å². The lowest BCUT2D eigenvalue weighted by atomic mass is 10.0. The third kappa shape index (κ3) is 3.57. The first-order chi connectivity index (χ1) is 11.2. The van der Waals surface area contributed by atoms with Crippen molar-refractivity contribution in [2.75, 3.05) is 25.1 Å². The van der Waals surface area contributed by atoms with Crippen LogP contribution in [0.2, 0.25) is 0 Å². The van der Waals surface area contributed by atoms with Crippen LogP contribution in [0.3, 0.4) is 0 Å². The minimum absolute atomic E-state index is 0.0651. The smallest absolute Gasteiger partial charge is 0.254 e. The summed E-state index contributed by atoms with van der Waals surface area (Å²) < 4.78 is 26.6. The summed E-state index contributed by atoms with van der Waals surface area (Å²) in [7, 11) is -2.36. The van der Waals surface area contributed by atoms with E-state index in [1.807, 2.05) is 0 Å². The van der Waals surface area contributed by atoms with Crippen LogP contribution in [-0.4, -0.2) is 56.3 Å². The van der Waals surface area contributed by atoms with Crippen molar-refractivity contribution in [1.29, 1.82) is 0 Å². The Hall–Kier alpha value is -1.58. The molecule has 1 aromatic carbocycles. The number of thioether (sulfide) groups is 1. The number of nitrogens with zero attached hydrogens (tertiary/aromatic N) is 1. The predicted molar refractivity (Wildman–Crippen MR) is 93.5 cm³/mol. The second kappa shape index (κ2) is 7.12. The fourth-order valence-corrected chi connectivity index (χ4v) is 4.71. The second-order valence-corrected chi connectivity index (χ2v) is 8.62. The van der Waals surface area contributed by atoms with E-state index in [9.17, 15) is 18.0 Å². The first kappa shape index (κ1) is 18.8.